The topological polar surface area (TPSA) is 434 Å². The lowest BCUT2D eigenvalue weighted by molar-refractivity contribution is -0.148. The van der Waals surface area contributed by atoms with Gasteiger partial charge in [0.25, 0.3) is 0 Å². The van der Waals surface area contributed by atoms with E-state index in [9.17, 15) is 53.2 Å². The minimum Gasteiger partial charge on any atom is -0.452 e. The number of rotatable bonds is 23. The van der Waals surface area contributed by atoms with Gasteiger partial charge in [0.05, 0.1) is 59.2 Å². The molecule has 8 bridgehead atoms. The van der Waals surface area contributed by atoms with Crippen LogP contribution < -0.4 is 39.3 Å². The van der Waals surface area contributed by atoms with Crippen molar-refractivity contribution in [2.24, 2.45) is 83.1 Å². The van der Waals surface area contributed by atoms with Crippen LogP contribution in [-0.4, -0.2) is 138 Å². The Labute approximate surface area is 517 Å². The summed E-state index contributed by atoms with van der Waals surface area (Å²) in [6, 6.07) is 2.70. The monoisotopic (exact) mass is 1250 g/mol. The quantitative estimate of drug-likeness (QED) is 0.0563. The lowest BCUT2D eigenvalue weighted by atomic mass is 9.55. The molecule has 15 N–H and O–H groups in total. The van der Waals surface area contributed by atoms with Crippen molar-refractivity contribution in [3.05, 3.63) is 63.9 Å². The smallest absolute Gasteiger partial charge is 0.337 e. The van der Waals surface area contributed by atoms with Crippen LogP contribution in [0.5, 0.6) is 0 Å². The number of benzene rings is 1. The predicted molar refractivity (Wildman–Crippen MR) is 329 cm³/mol. The molecule has 8 heterocycles. The van der Waals surface area contributed by atoms with Gasteiger partial charge in [-0.1, -0.05) is 27.7 Å². The number of primary amides is 5. The molecule has 0 spiro atoms. The van der Waals surface area contributed by atoms with Crippen LogP contribution in [0.2, 0.25) is 0 Å². The Balaban J connectivity index is 1.13. The van der Waals surface area contributed by atoms with E-state index in [1.54, 1.807) is 4.57 Å². The van der Waals surface area contributed by atoms with Crippen LogP contribution in [-0.2, 0) is 52.1 Å². The number of hydrogen-bond donors (Lipinski definition) is 10. The van der Waals surface area contributed by atoms with Gasteiger partial charge in [-0.2, -0.15) is 0 Å². The zero-order chi connectivity index (χ0) is 65.6. The summed E-state index contributed by atoms with van der Waals surface area (Å²) in [5, 5.41) is 28.5. The first-order chi connectivity index (χ1) is 41.4. The van der Waals surface area contributed by atoms with Crippen molar-refractivity contribution in [2.45, 2.75) is 194 Å². The molecule has 26 nitrogen and oxygen atoms in total. The van der Waals surface area contributed by atoms with E-state index < -0.39 is 142 Å². The maximum Gasteiger partial charge on any atom is 0.337 e. The number of fused-ring (bicyclic) bond motifs is 10. The molecule has 7 aliphatic heterocycles. The van der Waals surface area contributed by atoms with Crippen LogP contribution in [0.3, 0.4) is 0 Å². The lowest BCUT2D eigenvalue weighted by Crippen LogP contribution is -2.56. The minimum absolute atomic E-state index is 0.00295. The average Bonchev–Trinajstić information content (AvgIpc) is 1.53. The summed E-state index contributed by atoms with van der Waals surface area (Å²) in [6.45, 7) is 19.3. The number of esters is 1. The minimum atomic E-state index is -4.85. The number of aryl methyl sites for hydroxylation is 2. The number of aliphatic imine (C=N–C) groups is 3. The first kappa shape index (κ1) is 66.5. The number of ether oxygens (including phenoxy) is 2. The van der Waals surface area contributed by atoms with Gasteiger partial charge in [-0.05, 0) is 108 Å². The molecule has 2 aromatic rings. The highest BCUT2D eigenvalue weighted by atomic mass is 31.2. The second-order valence-electron chi connectivity index (χ2n) is 27.2. The molecule has 7 aliphatic rings. The van der Waals surface area contributed by atoms with Gasteiger partial charge in [0, 0.05) is 114 Å². The number of carbonyl (C=O) groups is 7. The summed E-state index contributed by atoms with van der Waals surface area (Å²) in [6.07, 6.45) is -3.14. The molecule has 0 radical (unpaired) electrons. The molecule has 2 unspecified atom stereocenters. The Morgan fingerprint density at radius 1 is 0.876 bits per heavy atom. The maximum atomic E-state index is 14.4. The van der Waals surface area contributed by atoms with Crippen LogP contribution >= 0.6 is 7.60 Å². The van der Waals surface area contributed by atoms with Gasteiger partial charge >= 0.3 is 13.6 Å². The molecule has 1 aromatic heterocycles. The van der Waals surface area contributed by atoms with Gasteiger partial charge in [0.15, 0.2) is 11.8 Å². The van der Waals surface area contributed by atoms with Crippen LogP contribution in [0.4, 0.5) is 0 Å². The SMILES string of the molecule is CC1=C2N=C(C=C3N/C(=C(/C)C4=N[C@](C)(C5N=C1[C@](C)(CCC(=O)NC[C@@H](C)OP(=O)(O)[C@H]1[C@@H](O)[C@@H](n6cnc7cc(C)c(C)cc76)O[C@@H]1CO)[C@H]5CC(N)=O)[C@@](C)(CC(N)=O)[C@@H]4CCC(N)=O)[C@@]1(C)CC(=O)O[C@@]31CCC(N)=O)C(C)(C)[C@@H]2CCC(N)=O. The molecule has 1 aromatic carbocycles. The molecule has 3 fully saturated rings. The van der Waals surface area contributed by atoms with E-state index in [2.05, 4.69) is 15.6 Å². The van der Waals surface area contributed by atoms with Crippen molar-refractivity contribution in [2.75, 3.05) is 13.2 Å². The Bertz CT molecular complexity index is 3590. The van der Waals surface area contributed by atoms with Crippen molar-refractivity contribution >= 4 is 77.2 Å². The predicted octanol–water partition coefficient (Wildman–Crippen LogP) is 3.43. The van der Waals surface area contributed by atoms with Crippen LogP contribution in [0, 0.1) is 53.3 Å². The van der Waals surface area contributed by atoms with Gasteiger partial charge in [-0.15, -0.1) is 0 Å². The van der Waals surface area contributed by atoms with Crippen LogP contribution in [0.25, 0.3) is 11.0 Å². The number of nitrogens with zero attached hydrogens (tertiary/aromatic N) is 5. The molecular formula is C62H87N12O14P. The van der Waals surface area contributed by atoms with Crippen LogP contribution in [0.15, 0.2) is 67.8 Å². The number of carbonyl (C=O) groups excluding carboxylic acids is 7. The molecule has 3 saturated heterocycles. The number of nitrogens with one attached hydrogen (secondary N) is 2. The number of amides is 6. The highest BCUT2D eigenvalue weighted by molar-refractivity contribution is 7.53. The summed E-state index contributed by atoms with van der Waals surface area (Å²) in [5.41, 5.74) is 27.8. The van der Waals surface area contributed by atoms with Crippen LogP contribution in [0.1, 0.15) is 150 Å². The fraction of sp³-hybridized carbons (Fsp3) is 0.629. The van der Waals surface area contributed by atoms with Crippen molar-refractivity contribution in [3.8, 4) is 0 Å². The van der Waals surface area contributed by atoms with Gasteiger partial charge in [-0.3, -0.25) is 53.1 Å². The average molecular weight is 1260 g/mol. The second-order valence-corrected chi connectivity index (χ2v) is 29.2. The van der Waals surface area contributed by atoms with E-state index in [1.165, 1.54) is 13.3 Å². The summed E-state index contributed by atoms with van der Waals surface area (Å²) in [4.78, 5) is 127. The van der Waals surface area contributed by atoms with E-state index in [0.29, 0.717) is 56.4 Å². The van der Waals surface area contributed by atoms with Gasteiger partial charge < -0.3 is 73.0 Å². The van der Waals surface area contributed by atoms with Crippen molar-refractivity contribution in [1.29, 1.82) is 0 Å². The van der Waals surface area contributed by atoms with E-state index in [1.807, 2.05) is 87.4 Å². The number of aliphatic hydroxyl groups excluding tert-OH is 2. The van der Waals surface area contributed by atoms with Crippen molar-refractivity contribution in [1.82, 2.24) is 20.2 Å². The molecule has 15 atom stereocenters. The standard InChI is InChI=1S/C62H87N12O14P/c1-29-20-37-38(21-30(29)2)74(28-69-37)56-51(83)52(39(27-75)86-56)89(84,85)88-31(3)26-68-47(81)17-18-58(8)36(22-45(66)79)55-61(11)59(9,24-46(67)80)35(13-15-43(64)77)50(73-61)33(5)54-60(10)25-48(82)87-62(60,19-16-44(65)78)41(71-54)23-40-57(6,7)34(12-14-42(63)76)49(70-40)32(4)53(58)72-55/h20-21,23,28,31,34-36,39,51-52,55-56,71,75,83H,12-19,22,24-27H2,1-11H3,(H2,63,76)(H2,64,77)(H2,65,78)(H2,66,79)(H2,67,80)(H,68,81)(H,84,85)/b41-23?,49-32?,54-33-/t31-,34-,35-,36+,39-,51-,52-,55?,56+,58-,59+,60-,61-,62+/m1/s1. The zero-order valence-electron chi connectivity index (χ0n) is 52.6. The van der Waals surface area contributed by atoms with E-state index in [-0.39, 0.29) is 77.2 Å². The molecule has 6 amide bonds. The summed E-state index contributed by atoms with van der Waals surface area (Å²) >= 11 is 0. The van der Waals surface area contributed by atoms with Gasteiger partial charge in [0.1, 0.15) is 17.9 Å². The summed E-state index contributed by atoms with van der Waals surface area (Å²) < 4.78 is 34.0. The van der Waals surface area contributed by atoms with Gasteiger partial charge in [0.2, 0.25) is 35.4 Å². The summed E-state index contributed by atoms with van der Waals surface area (Å²) in [5.74, 6) is -6.51. The number of hydrogen-bond acceptors (Lipinski definition) is 18. The lowest BCUT2D eigenvalue weighted by Gasteiger charge is -2.48. The molecule has 9 rings (SSSR count). The van der Waals surface area contributed by atoms with Gasteiger partial charge in [-0.25, -0.2) is 4.98 Å². The van der Waals surface area contributed by atoms with Crippen molar-refractivity contribution in [3.63, 3.8) is 0 Å². The zero-order valence-corrected chi connectivity index (χ0v) is 53.5. The fourth-order valence-corrected chi connectivity index (χ4v) is 17.8. The maximum absolute atomic E-state index is 14.4. The fourth-order valence-electron chi connectivity index (χ4n) is 16.0. The highest BCUT2D eigenvalue weighted by Crippen LogP contribution is 2.65. The van der Waals surface area contributed by atoms with Crippen molar-refractivity contribution < 1.29 is 67.2 Å². The first-order valence-electron chi connectivity index (χ1n) is 30.4. The summed E-state index contributed by atoms with van der Waals surface area (Å²) in [7, 11) is -4.85. The van der Waals surface area contributed by atoms with E-state index in [4.69, 9.17) is 57.6 Å². The number of allylic oxidation sites excluding steroid dienone is 4. The third-order valence-electron chi connectivity index (χ3n) is 21.2. The van der Waals surface area contributed by atoms with E-state index >= 15 is 0 Å². The third kappa shape index (κ3) is 11.3. The molecular weight excluding hydrogens is 1170 g/mol. The van der Waals surface area contributed by atoms with E-state index in [0.717, 1.165) is 11.1 Å². The Hall–Kier alpha value is -6.96. The molecule has 27 heteroatoms. The molecule has 89 heavy (non-hydrogen) atoms. The largest absolute Gasteiger partial charge is 0.452 e. The normalized spacial score (nSPS) is 34.5. The molecule has 0 aliphatic carbocycles. The Kier molecular flexibility index (Phi) is 17.7. The Morgan fingerprint density at radius 3 is 2.13 bits per heavy atom. The third-order valence-corrected chi connectivity index (χ3v) is 23.2. The molecule has 484 valence electrons. The number of aliphatic hydroxyl groups is 2. The highest BCUT2D eigenvalue weighted by Gasteiger charge is 2.70. The Morgan fingerprint density at radius 2 is 1.52 bits per heavy atom. The number of imidazole rings is 1. The number of nitrogens with two attached hydrogens (primary N) is 5. The number of aromatic nitrogens is 2. The first-order valence-corrected chi connectivity index (χ1v) is 32.0. The second kappa shape index (κ2) is 23.7. The molecule has 0 saturated carbocycles.